The fraction of sp³-hybridized carbons (Fsp3) is 0.778. The highest BCUT2D eigenvalue weighted by Crippen LogP contribution is 2.01. The Morgan fingerprint density at radius 1 is 1.43 bits per heavy atom. The SMILES string of the molecule is C1CC[SiH2]OC1.COC(=O)CC(C)=O. The van der Waals surface area contributed by atoms with E-state index in [1.807, 2.05) is 0 Å². The zero-order chi connectivity index (χ0) is 10.8. The summed E-state index contributed by atoms with van der Waals surface area (Å²) in [7, 11) is 1.26. The Hall–Kier alpha value is -0.683. The summed E-state index contributed by atoms with van der Waals surface area (Å²) in [6.07, 6.45) is 2.63. The van der Waals surface area contributed by atoms with Gasteiger partial charge >= 0.3 is 5.97 Å². The predicted octanol–water partition coefficient (Wildman–Crippen LogP) is 0.437. The fourth-order valence-corrected chi connectivity index (χ4v) is 2.13. The van der Waals surface area contributed by atoms with E-state index in [9.17, 15) is 9.59 Å². The van der Waals surface area contributed by atoms with Crippen molar-refractivity contribution in [2.75, 3.05) is 13.7 Å². The highest BCUT2D eigenvalue weighted by molar-refractivity contribution is 6.27. The summed E-state index contributed by atoms with van der Waals surface area (Å²) < 4.78 is 9.41. The standard InChI is InChI=1S/C5H8O3.C4H10OSi/c1-4(6)3-5(7)8-2;1-2-4-6-5-3-1/h3H2,1-2H3;1-4,6H2. The minimum atomic E-state index is -0.475. The van der Waals surface area contributed by atoms with E-state index in [1.165, 1.54) is 32.9 Å². The summed E-state index contributed by atoms with van der Waals surface area (Å²) in [5.41, 5.74) is 0. The summed E-state index contributed by atoms with van der Waals surface area (Å²) in [5, 5.41) is 0. The summed E-state index contributed by atoms with van der Waals surface area (Å²) >= 11 is 0. The third-order valence-corrected chi connectivity index (χ3v) is 3.06. The van der Waals surface area contributed by atoms with Gasteiger partial charge in [-0.2, -0.15) is 0 Å². The number of hydrogen-bond acceptors (Lipinski definition) is 4. The Bertz CT molecular complexity index is 166. The average molecular weight is 218 g/mol. The molecule has 0 saturated carbocycles. The molecule has 0 aromatic heterocycles. The molecule has 0 radical (unpaired) electrons. The van der Waals surface area contributed by atoms with Crippen LogP contribution in [0.3, 0.4) is 0 Å². The van der Waals surface area contributed by atoms with Crippen molar-refractivity contribution in [3.05, 3.63) is 0 Å². The molecule has 0 N–H and O–H groups in total. The number of carbonyl (C=O) groups excluding carboxylic acids is 2. The van der Waals surface area contributed by atoms with E-state index >= 15 is 0 Å². The lowest BCUT2D eigenvalue weighted by Crippen LogP contribution is -2.06. The molecule has 0 aromatic rings. The second-order valence-corrected chi connectivity index (χ2v) is 4.65. The fourth-order valence-electron chi connectivity index (χ4n) is 0.963. The van der Waals surface area contributed by atoms with Gasteiger partial charge in [0, 0.05) is 6.61 Å². The van der Waals surface area contributed by atoms with Crippen LogP contribution in [0.15, 0.2) is 0 Å². The van der Waals surface area contributed by atoms with Gasteiger partial charge in [-0.25, -0.2) is 0 Å². The third kappa shape index (κ3) is 9.41. The maximum absolute atomic E-state index is 10.2. The van der Waals surface area contributed by atoms with Crippen molar-refractivity contribution in [2.24, 2.45) is 0 Å². The first-order chi connectivity index (χ1) is 6.66. The summed E-state index contributed by atoms with van der Waals surface area (Å²) in [6.45, 7) is 2.41. The van der Waals surface area contributed by atoms with E-state index in [0.29, 0.717) is 0 Å². The number of ether oxygens (including phenoxy) is 1. The molecule has 1 saturated heterocycles. The van der Waals surface area contributed by atoms with Crippen LogP contribution in [0.25, 0.3) is 0 Å². The Morgan fingerprint density at radius 2 is 2.14 bits per heavy atom. The van der Waals surface area contributed by atoms with Crippen LogP contribution in [-0.2, 0) is 18.8 Å². The van der Waals surface area contributed by atoms with E-state index in [1.54, 1.807) is 0 Å². The highest BCUT2D eigenvalue weighted by atomic mass is 28.2. The number of ketones is 1. The van der Waals surface area contributed by atoms with E-state index in [4.69, 9.17) is 4.43 Å². The van der Waals surface area contributed by atoms with Gasteiger partial charge in [0.15, 0.2) is 9.76 Å². The monoisotopic (exact) mass is 218 g/mol. The molecule has 14 heavy (non-hydrogen) atoms. The van der Waals surface area contributed by atoms with Crippen molar-refractivity contribution < 1.29 is 18.8 Å². The normalized spacial score (nSPS) is 16.7. The van der Waals surface area contributed by atoms with Crippen LogP contribution in [0, 0.1) is 0 Å². The second kappa shape index (κ2) is 8.90. The molecule has 1 fully saturated rings. The largest absolute Gasteiger partial charge is 0.469 e. The first-order valence-electron chi connectivity index (χ1n) is 4.81. The molecule has 0 aromatic carbocycles. The number of Topliss-reactive ketones (excluding diaryl/α,β-unsaturated/α-hetero) is 1. The summed E-state index contributed by atoms with van der Waals surface area (Å²) in [6, 6.07) is 1.42. The van der Waals surface area contributed by atoms with Gasteiger partial charge in [0.2, 0.25) is 0 Å². The van der Waals surface area contributed by atoms with Gasteiger partial charge in [0.1, 0.15) is 12.2 Å². The zero-order valence-corrected chi connectivity index (χ0v) is 10.3. The molecular weight excluding hydrogens is 200 g/mol. The van der Waals surface area contributed by atoms with E-state index in [0.717, 1.165) is 6.61 Å². The molecule has 0 aliphatic carbocycles. The number of carbonyl (C=O) groups is 2. The van der Waals surface area contributed by atoms with Gasteiger partial charge in [-0.3, -0.25) is 9.59 Å². The number of hydrogen-bond donors (Lipinski definition) is 0. The van der Waals surface area contributed by atoms with Crippen LogP contribution in [0.4, 0.5) is 0 Å². The molecule has 0 bridgehead atoms. The van der Waals surface area contributed by atoms with Gasteiger partial charge in [-0.05, 0) is 19.4 Å². The third-order valence-electron chi connectivity index (χ3n) is 1.70. The van der Waals surface area contributed by atoms with Crippen LogP contribution >= 0.6 is 0 Å². The number of rotatable bonds is 2. The molecule has 5 heteroatoms. The number of esters is 1. The van der Waals surface area contributed by atoms with Crippen LogP contribution in [-0.4, -0.2) is 35.2 Å². The lowest BCUT2D eigenvalue weighted by molar-refractivity contribution is -0.142. The average Bonchev–Trinajstić information content (AvgIpc) is 2.20. The molecule has 1 rings (SSSR count). The molecule has 1 aliphatic rings. The topological polar surface area (TPSA) is 52.6 Å². The molecule has 1 aliphatic heterocycles. The summed E-state index contributed by atoms with van der Waals surface area (Å²) in [4.78, 5) is 20.3. The Kier molecular flexibility index (Phi) is 8.46. The maximum atomic E-state index is 10.2. The molecular formula is C9H18O4Si. The Labute approximate surface area is 86.9 Å². The van der Waals surface area contributed by atoms with E-state index in [2.05, 4.69) is 4.74 Å². The predicted molar refractivity (Wildman–Crippen MR) is 55.9 cm³/mol. The molecule has 0 unspecified atom stereocenters. The minimum Gasteiger partial charge on any atom is -0.469 e. The van der Waals surface area contributed by atoms with E-state index < -0.39 is 5.97 Å². The van der Waals surface area contributed by atoms with Gasteiger partial charge in [-0.15, -0.1) is 0 Å². The van der Waals surface area contributed by atoms with Crippen molar-refractivity contribution in [2.45, 2.75) is 32.2 Å². The molecule has 0 atom stereocenters. The van der Waals surface area contributed by atoms with Gasteiger partial charge in [0.25, 0.3) is 0 Å². The van der Waals surface area contributed by atoms with Gasteiger partial charge in [0.05, 0.1) is 7.11 Å². The van der Waals surface area contributed by atoms with Crippen molar-refractivity contribution in [3.8, 4) is 0 Å². The first-order valence-corrected chi connectivity index (χ1v) is 6.38. The summed E-state index contributed by atoms with van der Waals surface area (Å²) in [5.74, 6) is -0.644. The van der Waals surface area contributed by atoms with Gasteiger partial charge < -0.3 is 9.16 Å². The van der Waals surface area contributed by atoms with Crippen LogP contribution < -0.4 is 0 Å². The van der Waals surface area contributed by atoms with Crippen molar-refractivity contribution in [1.29, 1.82) is 0 Å². The minimum absolute atomic E-state index is 0.00849. The molecule has 1 heterocycles. The second-order valence-electron chi connectivity index (χ2n) is 3.13. The van der Waals surface area contributed by atoms with Crippen molar-refractivity contribution >= 4 is 21.5 Å². The molecule has 0 spiro atoms. The van der Waals surface area contributed by atoms with Crippen molar-refractivity contribution in [3.63, 3.8) is 0 Å². The Morgan fingerprint density at radius 3 is 2.29 bits per heavy atom. The quantitative estimate of drug-likeness (QED) is 0.383. The zero-order valence-electron chi connectivity index (χ0n) is 8.88. The maximum Gasteiger partial charge on any atom is 0.313 e. The van der Waals surface area contributed by atoms with Gasteiger partial charge in [-0.1, -0.05) is 6.42 Å². The Balaban J connectivity index is 0.000000249. The lowest BCUT2D eigenvalue weighted by Gasteiger charge is -2.07. The highest BCUT2D eigenvalue weighted by Gasteiger charge is 2.01. The van der Waals surface area contributed by atoms with Crippen molar-refractivity contribution in [1.82, 2.24) is 0 Å². The van der Waals surface area contributed by atoms with Crippen LogP contribution in [0.1, 0.15) is 26.2 Å². The first kappa shape index (κ1) is 13.3. The lowest BCUT2D eigenvalue weighted by atomic mass is 10.3. The molecule has 82 valence electrons. The number of methoxy groups -OCH3 is 1. The van der Waals surface area contributed by atoms with Crippen LogP contribution in [0.2, 0.25) is 6.04 Å². The van der Waals surface area contributed by atoms with Crippen LogP contribution in [0.5, 0.6) is 0 Å². The van der Waals surface area contributed by atoms with E-state index in [-0.39, 0.29) is 22.0 Å². The molecule has 0 amide bonds. The smallest absolute Gasteiger partial charge is 0.313 e. The molecule has 4 nitrogen and oxygen atoms in total.